The third-order valence-corrected chi connectivity index (χ3v) is 1.40. The molecule has 0 aliphatic rings. The van der Waals surface area contributed by atoms with Gasteiger partial charge < -0.3 is 17.2 Å². The highest BCUT2D eigenvalue weighted by atomic mass is 35.5. The lowest BCUT2D eigenvalue weighted by atomic mass is 10.1. The summed E-state index contributed by atoms with van der Waals surface area (Å²) in [5.74, 6) is -0.00306. The molecule has 0 spiro atoms. The summed E-state index contributed by atoms with van der Waals surface area (Å²) in [6.45, 7) is 0. The Morgan fingerprint density at radius 1 is 1.00 bits per heavy atom. The van der Waals surface area contributed by atoms with E-state index in [1.54, 1.807) is 18.2 Å². The SMILES string of the molecule is Cl.Cl.Cl.N=C(N)c1ccc(N)c(N)c1. The van der Waals surface area contributed by atoms with Crippen LogP contribution < -0.4 is 17.2 Å². The molecule has 0 aliphatic carbocycles. The van der Waals surface area contributed by atoms with E-state index >= 15 is 0 Å². The number of hydrogen-bond acceptors (Lipinski definition) is 3. The van der Waals surface area contributed by atoms with Crippen LogP contribution in [0.25, 0.3) is 0 Å². The van der Waals surface area contributed by atoms with Crippen molar-refractivity contribution in [3.63, 3.8) is 0 Å². The second-order valence-electron chi connectivity index (χ2n) is 2.26. The monoisotopic (exact) mass is 258 g/mol. The standard InChI is InChI=1S/C7H10N4.3ClH/c8-5-2-1-4(7(10)11)3-6(5)9;;;/h1-3H,8-9H2,(H3,10,11);3*1H. The van der Waals surface area contributed by atoms with Gasteiger partial charge in [0.05, 0.1) is 11.4 Å². The molecule has 0 unspecified atom stereocenters. The van der Waals surface area contributed by atoms with Gasteiger partial charge in [0.1, 0.15) is 5.84 Å². The van der Waals surface area contributed by atoms with E-state index in [0.717, 1.165) is 0 Å². The van der Waals surface area contributed by atoms with Crippen LogP contribution in [-0.4, -0.2) is 5.84 Å². The lowest BCUT2D eigenvalue weighted by Gasteiger charge is -2.01. The van der Waals surface area contributed by atoms with Crippen molar-refractivity contribution in [1.29, 1.82) is 5.41 Å². The maximum absolute atomic E-state index is 7.08. The fourth-order valence-corrected chi connectivity index (χ4v) is 0.742. The van der Waals surface area contributed by atoms with Crippen LogP contribution in [-0.2, 0) is 0 Å². The first kappa shape index (κ1) is 18.9. The van der Waals surface area contributed by atoms with E-state index in [1.165, 1.54) is 0 Å². The Morgan fingerprint density at radius 2 is 1.50 bits per heavy atom. The highest BCUT2D eigenvalue weighted by molar-refractivity contribution is 5.96. The average Bonchev–Trinajstić information content (AvgIpc) is 1.94. The van der Waals surface area contributed by atoms with Crippen LogP contribution >= 0.6 is 37.2 Å². The molecular formula is C7H13Cl3N4. The topological polar surface area (TPSA) is 102 Å². The Bertz CT molecular complexity index is 303. The van der Waals surface area contributed by atoms with Gasteiger partial charge in [-0.05, 0) is 18.2 Å². The van der Waals surface area contributed by atoms with E-state index in [9.17, 15) is 0 Å². The Hall–Kier alpha value is -0.840. The molecule has 0 saturated carbocycles. The third-order valence-electron chi connectivity index (χ3n) is 1.40. The molecule has 82 valence electrons. The van der Waals surface area contributed by atoms with E-state index in [1.807, 2.05) is 0 Å². The number of halogens is 3. The molecule has 0 atom stereocenters. The molecule has 14 heavy (non-hydrogen) atoms. The van der Waals surface area contributed by atoms with E-state index < -0.39 is 0 Å². The Labute approximate surface area is 101 Å². The number of rotatable bonds is 1. The summed E-state index contributed by atoms with van der Waals surface area (Å²) in [5, 5.41) is 7.08. The Balaban J connectivity index is -0.000000403. The fraction of sp³-hybridized carbons (Fsp3) is 0. The molecule has 0 radical (unpaired) electrons. The van der Waals surface area contributed by atoms with Crippen LogP contribution in [0.3, 0.4) is 0 Å². The van der Waals surface area contributed by atoms with Crippen molar-refractivity contribution < 1.29 is 0 Å². The zero-order valence-corrected chi connectivity index (χ0v) is 9.64. The molecule has 0 heterocycles. The minimum Gasteiger partial charge on any atom is -0.397 e. The third kappa shape index (κ3) is 4.41. The summed E-state index contributed by atoms with van der Waals surface area (Å²) < 4.78 is 0. The summed E-state index contributed by atoms with van der Waals surface area (Å²) in [6.07, 6.45) is 0. The second-order valence-corrected chi connectivity index (χ2v) is 2.26. The van der Waals surface area contributed by atoms with Crippen molar-refractivity contribution in [3.8, 4) is 0 Å². The van der Waals surface area contributed by atoms with Gasteiger partial charge in [-0.3, -0.25) is 5.41 Å². The summed E-state index contributed by atoms with van der Waals surface area (Å²) in [7, 11) is 0. The number of amidine groups is 1. The Morgan fingerprint density at radius 3 is 1.86 bits per heavy atom. The highest BCUT2D eigenvalue weighted by Crippen LogP contribution is 2.15. The van der Waals surface area contributed by atoms with Gasteiger partial charge in [-0.2, -0.15) is 0 Å². The van der Waals surface area contributed by atoms with Crippen LogP contribution in [0.2, 0.25) is 0 Å². The van der Waals surface area contributed by atoms with Gasteiger partial charge in [-0.25, -0.2) is 0 Å². The normalized spacial score (nSPS) is 7.43. The van der Waals surface area contributed by atoms with Crippen molar-refractivity contribution in [2.24, 2.45) is 5.73 Å². The number of nitrogen functional groups attached to an aromatic ring is 3. The van der Waals surface area contributed by atoms with Crippen LogP contribution in [0.5, 0.6) is 0 Å². The zero-order valence-electron chi connectivity index (χ0n) is 7.19. The molecule has 0 fully saturated rings. The smallest absolute Gasteiger partial charge is 0.122 e. The van der Waals surface area contributed by atoms with Crippen molar-refractivity contribution in [2.45, 2.75) is 0 Å². The van der Waals surface area contributed by atoms with E-state index in [2.05, 4.69) is 0 Å². The van der Waals surface area contributed by atoms with Crippen LogP contribution in [0.1, 0.15) is 5.56 Å². The van der Waals surface area contributed by atoms with Crippen molar-refractivity contribution in [1.82, 2.24) is 0 Å². The van der Waals surface area contributed by atoms with Crippen LogP contribution in [0, 0.1) is 5.41 Å². The van der Waals surface area contributed by atoms with Gasteiger partial charge in [-0.15, -0.1) is 37.2 Å². The summed E-state index contributed by atoms with van der Waals surface area (Å²) >= 11 is 0. The molecule has 0 aliphatic heterocycles. The largest absolute Gasteiger partial charge is 0.397 e. The lowest BCUT2D eigenvalue weighted by molar-refractivity contribution is 1.42. The first-order valence-electron chi connectivity index (χ1n) is 3.10. The van der Waals surface area contributed by atoms with Gasteiger partial charge in [0, 0.05) is 5.56 Å². The zero-order chi connectivity index (χ0) is 8.43. The van der Waals surface area contributed by atoms with E-state index in [0.29, 0.717) is 16.9 Å². The average molecular weight is 260 g/mol. The van der Waals surface area contributed by atoms with Gasteiger partial charge in [0.2, 0.25) is 0 Å². The van der Waals surface area contributed by atoms with Gasteiger partial charge in [-0.1, -0.05) is 0 Å². The minimum absolute atomic E-state index is 0. The maximum atomic E-state index is 7.08. The molecule has 4 nitrogen and oxygen atoms in total. The number of anilines is 2. The summed E-state index contributed by atoms with van der Waals surface area (Å²) in [6, 6.07) is 4.87. The quantitative estimate of drug-likeness (QED) is 0.348. The number of hydrogen-bond donors (Lipinski definition) is 4. The summed E-state index contributed by atoms with van der Waals surface area (Å²) in [4.78, 5) is 0. The number of nitrogens with one attached hydrogen (secondary N) is 1. The number of nitrogens with two attached hydrogens (primary N) is 3. The molecule has 7 heteroatoms. The first-order chi connectivity index (χ1) is 5.11. The van der Waals surface area contributed by atoms with E-state index in [-0.39, 0.29) is 43.1 Å². The molecule has 1 aromatic carbocycles. The molecule has 0 aromatic heterocycles. The lowest BCUT2D eigenvalue weighted by Crippen LogP contribution is -2.11. The molecule has 1 rings (SSSR count). The van der Waals surface area contributed by atoms with Crippen LogP contribution in [0.15, 0.2) is 18.2 Å². The Kier molecular flexibility index (Phi) is 10.2. The minimum atomic E-state index is -0.00306. The predicted molar refractivity (Wildman–Crippen MR) is 68.0 cm³/mol. The predicted octanol–water partition coefficient (Wildman–Crippen LogP) is 1.40. The molecule has 0 saturated heterocycles. The van der Waals surface area contributed by atoms with Crippen molar-refractivity contribution in [2.75, 3.05) is 11.5 Å². The van der Waals surface area contributed by atoms with Crippen molar-refractivity contribution >= 4 is 54.4 Å². The van der Waals surface area contributed by atoms with Gasteiger partial charge in [0.25, 0.3) is 0 Å². The maximum Gasteiger partial charge on any atom is 0.122 e. The van der Waals surface area contributed by atoms with E-state index in [4.69, 9.17) is 22.6 Å². The first-order valence-corrected chi connectivity index (χ1v) is 3.10. The number of benzene rings is 1. The van der Waals surface area contributed by atoms with Gasteiger partial charge in [0.15, 0.2) is 0 Å². The second kappa shape index (κ2) is 7.55. The fourth-order valence-electron chi connectivity index (χ4n) is 0.742. The van der Waals surface area contributed by atoms with Crippen LogP contribution in [0.4, 0.5) is 11.4 Å². The summed E-state index contributed by atoms with van der Waals surface area (Å²) in [5.41, 5.74) is 17.7. The molecule has 7 N–H and O–H groups in total. The van der Waals surface area contributed by atoms with Crippen molar-refractivity contribution in [3.05, 3.63) is 23.8 Å². The highest BCUT2D eigenvalue weighted by Gasteiger charge is 1.98. The van der Waals surface area contributed by atoms with Gasteiger partial charge >= 0.3 is 0 Å². The molecular weight excluding hydrogens is 246 g/mol. The molecule has 1 aromatic rings. The molecule has 0 bridgehead atoms. The molecule has 0 amide bonds.